The van der Waals surface area contributed by atoms with E-state index in [9.17, 15) is 9.18 Å². The van der Waals surface area contributed by atoms with E-state index >= 15 is 0 Å². The number of aromatic nitrogens is 2. The molecule has 22 heavy (non-hydrogen) atoms. The number of carbonyl (C=O) groups excluding carboxylic acids is 1. The van der Waals surface area contributed by atoms with Crippen molar-refractivity contribution in [3.63, 3.8) is 0 Å². The van der Waals surface area contributed by atoms with E-state index in [1.807, 2.05) is 32.0 Å². The second-order valence-corrected chi connectivity index (χ2v) is 5.45. The van der Waals surface area contributed by atoms with Crippen LogP contribution in [0.5, 0.6) is 0 Å². The first-order chi connectivity index (χ1) is 10.5. The fraction of sp³-hybridized carbons (Fsp3) is 0.176. The molecule has 2 aromatic heterocycles. The average molecular weight is 297 g/mol. The molecule has 0 aliphatic heterocycles. The molecule has 4 nitrogen and oxygen atoms in total. The zero-order valence-corrected chi connectivity index (χ0v) is 12.4. The molecule has 0 saturated heterocycles. The normalized spacial score (nSPS) is 10.9. The van der Waals surface area contributed by atoms with E-state index in [0.717, 1.165) is 16.8 Å². The quantitative estimate of drug-likeness (QED) is 0.806. The molecule has 0 unspecified atom stereocenters. The maximum Gasteiger partial charge on any atom is 0.230 e. The number of nitrogens with zero attached hydrogens (tertiary/aromatic N) is 2. The number of amides is 1. The van der Waals surface area contributed by atoms with E-state index < -0.39 is 0 Å². The van der Waals surface area contributed by atoms with Crippen molar-refractivity contribution in [3.05, 3.63) is 65.4 Å². The van der Waals surface area contributed by atoms with Gasteiger partial charge in [0.25, 0.3) is 0 Å². The van der Waals surface area contributed by atoms with Gasteiger partial charge in [-0.1, -0.05) is 6.07 Å². The largest absolute Gasteiger partial charge is 0.326 e. The molecule has 3 rings (SSSR count). The van der Waals surface area contributed by atoms with Crippen molar-refractivity contribution in [1.82, 2.24) is 9.38 Å². The minimum atomic E-state index is -0.337. The van der Waals surface area contributed by atoms with Crippen LogP contribution in [0.1, 0.15) is 16.8 Å². The predicted molar refractivity (Wildman–Crippen MR) is 83.4 cm³/mol. The minimum Gasteiger partial charge on any atom is -0.326 e. The van der Waals surface area contributed by atoms with Crippen LogP contribution in [0.4, 0.5) is 10.1 Å². The molecule has 0 radical (unpaired) electrons. The van der Waals surface area contributed by atoms with Gasteiger partial charge in [0.15, 0.2) is 0 Å². The molecule has 5 heteroatoms. The highest BCUT2D eigenvalue weighted by atomic mass is 19.1. The van der Waals surface area contributed by atoms with Crippen molar-refractivity contribution in [1.29, 1.82) is 0 Å². The number of fused-ring (bicyclic) bond motifs is 1. The van der Waals surface area contributed by atoms with Crippen LogP contribution < -0.4 is 5.32 Å². The molecule has 0 fully saturated rings. The lowest BCUT2D eigenvalue weighted by Gasteiger charge is -2.06. The summed E-state index contributed by atoms with van der Waals surface area (Å²) in [5.41, 5.74) is 4.19. The highest BCUT2D eigenvalue weighted by Gasteiger charge is 2.09. The number of carbonyl (C=O) groups is 1. The second kappa shape index (κ2) is 5.60. The van der Waals surface area contributed by atoms with Gasteiger partial charge in [0.05, 0.1) is 12.1 Å². The zero-order valence-electron chi connectivity index (χ0n) is 12.4. The molecule has 2 heterocycles. The smallest absolute Gasteiger partial charge is 0.230 e. The van der Waals surface area contributed by atoms with Crippen LogP contribution in [0.15, 0.2) is 42.7 Å². The standard InChI is InChI=1S/C17H16FN3O/c1-11-5-12(2)7-14(6-11)20-17(22)8-15-10-21-9-13(18)3-4-16(21)19-15/h3-7,9-10H,8H2,1-2H3,(H,20,22). The summed E-state index contributed by atoms with van der Waals surface area (Å²) in [5, 5.41) is 2.87. The molecule has 0 spiro atoms. The van der Waals surface area contributed by atoms with Crippen molar-refractivity contribution in [3.8, 4) is 0 Å². The van der Waals surface area contributed by atoms with Gasteiger partial charge in [-0.25, -0.2) is 9.37 Å². The van der Waals surface area contributed by atoms with Gasteiger partial charge in [-0.2, -0.15) is 0 Å². The van der Waals surface area contributed by atoms with Gasteiger partial charge in [0, 0.05) is 18.1 Å². The minimum absolute atomic E-state index is 0.145. The van der Waals surface area contributed by atoms with Gasteiger partial charge in [-0.05, 0) is 49.2 Å². The Balaban J connectivity index is 1.75. The molecule has 1 amide bonds. The molecular weight excluding hydrogens is 281 g/mol. The van der Waals surface area contributed by atoms with E-state index in [-0.39, 0.29) is 18.1 Å². The molecule has 0 atom stereocenters. The van der Waals surface area contributed by atoms with Gasteiger partial charge in [0.1, 0.15) is 11.5 Å². The first-order valence-corrected chi connectivity index (χ1v) is 7.01. The van der Waals surface area contributed by atoms with Crippen LogP contribution in [0.2, 0.25) is 0 Å². The SMILES string of the molecule is Cc1cc(C)cc(NC(=O)Cc2cn3cc(F)ccc3n2)c1. The summed E-state index contributed by atoms with van der Waals surface area (Å²) in [7, 11) is 0. The number of anilines is 1. The van der Waals surface area contributed by atoms with Crippen LogP contribution in [0.3, 0.4) is 0 Å². The van der Waals surface area contributed by atoms with Gasteiger partial charge in [-0.3, -0.25) is 4.79 Å². The third-order valence-electron chi connectivity index (χ3n) is 3.31. The van der Waals surface area contributed by atoms with Gasteiger partial charge >= 0.3 is 0 Å². The molecule has 0 aliphatic carbocycles. The summed E-state index contributed by atoms with van der Waals surface area (Å²) in [6, 6.07) is 8.82. The predicted octanol–water partition coefficient (Wildman–Crippen LogP) is 3.27. The van der Waals surface area contributed by atoms with Crippen LogP contribution in [-0.2, 0) is 11.2 Å². The Morgan fingerprint density at radius 2 is 1.91 bits per heavy atom. The number of halogens is 1. The fourth-order valence-electron chi connectivity index (χ4n) is 2.52. The highest BCUT2D eigenvalue weighted by Crippen LogP contribution is 2.14. The lowest BCUT2D eigenvalue weighted by molar-refractivity contribution is -0.115. The zero-order chi connectivity index (χ0) is 15.7. The van der Waals surface area contributed by atoms with E-state index in [2.05, 4.69) is 10.3 Å². The first kappa shape index (κ1) is 14.3. The third kappa shape index (κ3) is 3.14. The number of imidazole rings is 1. The number of hydrogen-bond donors (Lipinski definition) is 1. The molecule has 0 bridgehead atoms. The van der Waals surface area contributed by atoms with Crippen molar-refractivity contribution >= 4 is 17.2 Å². The second-order valence-electron chi connectivity index (χ2n) is 5.45. The molecule has 3 aromatic rings. The molecule has 112 valence electrons. The van der Waals surface area contributed by atoms with Crippen molar-refractivity contribution in [2.24, 2.45) is 0 Å². The highest BCUT2D eigenvalue weighted by molar-refractivity contribution is 5.92. The summed E-state index contributed by atoms with van der Waals surface area (Å²) in [6.45, 7) is 3.97. The Bertz CT molecular complexity index is 834. The molecule has 0 aliphatic rings. The maximum absolute atomic E-state index is 13.1. The summed E-state index contributed by atoms with van der Waals surface area (Å²) >= 11 is 0. The number of hydrogen-bond acceptors (Lipinski definition) is 2. The van der Waals surface area contributed by atoms with Gasteiger partial charge < -0.3 is 9.72 Å². The molecular formula is C17H16FN3O. The number of nitrogens with one attached hydrogen (secondary N) is 1. The van der Waals surface area contributed by atoms with Crippen LogP contribution in [0, 0.1) is 19.7 Å². The monoisotopic (exact) mass is 297 g/mol. The Kier molecular flexibility index (Phi) is 3.63. The van der Waals surface area contributed by atoms with E-state index in [1.165, 1.54) is 12.3 Å². The molecule has 1 aromatic carbocycles. The summed E-state index contributed by atoms with van der Waals surface area (Å²) in [6.07, 6.45) is 3.16. The van der Waals surface area contributed by atoms with E-state index in [0.29, 0.717) is 11.3 Å². The third-order valence-corrected chi connectivity index (χ3v) is 3.31. The van der Waals surface area contributed by atoms with Gasteiger partial charge in [-0.15, -0.1) is 0 Å². The Morgan fingerprint density at radius 1 is 1.18 bits per heavy atom. The summed E-state index contributed by atoms with van der Waals surface area (Å²) < 4.78 is 14.7. The van der Waals surface area contributed by atoms with Crippen LogP contribution >= 0.6 is 0 Å². The Morgan fingerprint density at radius 3 is 2.64 bits per heavy atom. The topological polar surface area (TPSA) is 46.4 Å². The van der Waals surface area contributed by atoms with Crippen molar-refractivity contribution in [2.75, 3.05) is 5.32 Å². The van der Waals surface area contributed by atoms with Crippen LogP contribution in [0.25, 0.3) is 5.65 Å². The summed E-state index contributed by atoms with van der Waals surface area (Å²) in [4.78, 5) is 16.4. The lowest BCUT2D eigenvalue weighted by atomic mass is 10.1. The fourth-order valence-corrected chi connectivity index (χ4v) is 2.52. The maximum atomic E-state index is 13.1. The molecule has 1 N–H and O–H groups in total. The Labute approximate surface area is 127 Å². The number of benzene rings is 1. The molecule has 0 saturated carbocycles. The Hall–Kier alpha value is -2.69. The van der Waals surface area contributed by atoms with Gasteiger partial charge in [0.2, 0.25) is 5.91 Å². The first-order valence-electron chi connectivity index (χ1n) is 7.01. The number of rotatable bonds is 3. The van der Waals surface area contributed by atoms with Crippen molar-refractivity contribution in [2.45, 2.75) is 20.3 Å². The average Bonchev–Trinajstić information content (AvgIpc) is 2.78. The van der Waals surface area contributed by atoms with Crippen LogP contribution in [-0.4, -0.2) is 15.3 Å². The van der Waals surface area contributed by atoms with E-state index in [4.69, 9.17) is 0 Å². The summed E-state index contributed by atoms with van der Waals surface area (Å²) in [5.74, 6) is -0.481. The lowest BCUT2D eigenvalue weighted by Crippen LogP contribution is -2.14. The number of aryl methyl sites for hydroxylation is 2. The number of pyridine rings is 1. The van der Waals surface area contributed by atoms with Crippen molar-refractivity contribution < 1.29 is 9.18 Å². The van der Waals surface area contributed by atoms with E-state index in [1.54, 1.807) is 16.7 Å².